The van der Waals surface area contributed by atoms with Crippen LogP contribution in [0.2, 0.25) is 5.02 Å². The molecular formula is C17H14ClN5O3S. The van der Waals surface area contributed by atoms with Gasteiger partial charge in [-0.2, -0.15) is 5.10 Å². The second-order valence-electron chi connectivity index (χ2n) is 5.57. The second kappa shape index (κ2) is 6.75. The van der Waals surface area contributed by atoms with Gasteiger partial charge in [-0.05, 0) is 18.4 Å². The predicted molar refractivity (Wildman–Crippen MR) is 104 cm³/mol. The van der Waals surface area contributed by atoms with Gasteiger partial charge in [-0.3, -0.25) is 0 Å². The van der Waals surface area contributed by atoms with E-state index in [9.17, 15) is 4.79 Å². The molecule has 0 spiro atoms. The molecule has 8 nitrogen and oxygen atoms in total. The monoisotopic (exact) mass is 403 g/mol. The minimum Gasteiger partial charge on any atom is -0.497 e. The highest BCUT2D eigenvalue weighted by Gasteiger charge is 2.19. The SMILES string of the molecule is COc1cc(OC)c(Cl)c(-c2cc3cnc(SC)nc3n3c(=O)[nH]nc23)c1. The van der Waals surface area contributed by atoms with E-state index in [2.05, 4.69) is 20.2 Å². The number of thioether (sulfide) groups is 1. The molecule has 0 amide bonds. The van der Waals surface area contributed by atoms with E-state index in [0.29, 0.717) is 49.5 Å². The molecule has 0 aliphatic rings. The molecule has 3 aromatic heterocycles. The summed E-state index contributed by atoms with van der Waals surface area (Å²) in [7, 11) is 3.08. The molecule has 1 N–H and O–H groups in total. The maximum Gasteiger partial charge on any atom is 0.349 e. The summed E-state index contributed by atoms with van der Waals surface area (Å²) in [5, 5.41) is 8.27. The van der Waals surface area contributed by atoms with Crippen LogP contribution < -0.4 is 15.2 Å². The highest BCUT2D eigenvalue weighted by Crippen LogP contribution is 2.40. The number of hydrogen-bond acceptors (Lipinski definition) is 7. The number of halogens is 1. The van der Waals surface area contributed by atoms with Crippen molar-refractivity contribution in [2.45, 2.75) is 5.16 Å². The number of fused-ring (bicyclic) bond motifs is 3. The van der Waals surface area contributed by atoms with E-state index < -0.39 is 5.69 Å². The summed E-state index contributed by atoms with van der Waals surface area (Å²) >= 11 is 7.93. The lowest BCUT2D eigenvalue weighted by Gasteiger charge is -2.13. The van der Waals surface area contributed by atoms with Gasteiger partial charge in [-0.1, -0.05) is 23.4 Å². The molecule has 0 saturated heterocycles. The number of ether oxygens (including phenoxy) is 2. The van der Waals surface area contributed by atoms with Crippen molar-refractivity contribution in [3.05, 3.63) is 39.9 Å². The number of nitrogens with zero attached hydrogens (tertiary/aromatic N) is 4. The Morgan fingerprint density at radius 3 is 2.67 bits per heavy atom. The Morgan fingerprint density at radius 2 is 1.96 bits per heavy atom. The van der Waals surface area contributed by atoms with Crippen LogP contribution in [0.5, 0.6) is 11.5 Å². The lowest BCUT2D eigenvalue weighted by molar-refractivity contribution is 0.395. The number of aromatic amines is 1. The van der Waals surface area contributed by atoms with Crippen LogP contribution in [0, 0.1) is 0 Å². The summed E-state index contributed by atoms with van der Waals surface area (Å²) in [6.07, 6.45) is 3.54. The van der Waals surface area contributed by atoms with Crippen LogP contribution in [0.4, 0.5) is 0 Å². The van der Waals surface area contributed by atoms with Crippen LogP contribution in [-0.2, 0) is 0 Å². The van der Waals surface area contributed by atoms with E-state index in [1.807, 2.05) is 12.3 Å². The first kappa shape index (κ1) is 17.6. The van der Waals surface area contributed by atoms with Crippen molar-refractivity contribution in [2.24, 2.45) is 0 Å². The van der Waals surface area contributed by atoms with Gasteiger partial charge in [-0.25, -0.2) is 24.3 Å². The fourth-order valence-electron chi connectivity index (χ4n) is 2.87. The van der Waals surface area contributed by atoms with Gasteiger partial charge >= 0.3 is 5.69 Å². The maximum absolute atomic E-state index is 12.4. The van der Waals surface area contributed by atoms with E-state index in [-0.39, 0.29) is 0 Å². The third-order valence-electron chi connectivity index (χ3n) is 4.14. The zero-order valence-electron chi connectivity index (χ0n) is 14.6. The average Bonchev–Trinajstić information content (AvgIpc) is 3.09. The van der Waals surface area contributed by atoms with Crippen molar-refractivity contribution in [3.8, 4) is 22.6 Å². The zero-order chi connectivity index (χ0) is 19.1. The van der Waals surface area contributed by atoms with Crippen LogP contribution in [0.1, 0.15) is 0 Å². The fraction of sp³-hybridized carbons (Fsp3) is 0.176. The molecule has 0 bridgehead atoms. The van der Waals surface area contributed by atoms with Crippen molar-refractivity contribution in [1.29, 1.82) is 0 Å². The average molecular weight is 404 g/mol. The van der Waals surface area contributed by atoms with Gasteiger partial charge in [0, 0.05) is 28.8 Å². The number of pyridine rings is 1. The molecule has 0 fully saturated rings. The third-order valence-corrected chi connectivity index (χ3v) is 5.09. The lowest BCUT2D eigenvalue weighted by atomic mass is 10.0. The first-order valence-electron chi connectivity index (χ1n) is 7.80. The van der Waals surface area contributed by atoms with Crippen LogP contribution in [-0.4, -0.2) is 45.0 Å². The van der Waals surface area contributed by atoms with Crippen LogP contribution in [0.15, 0.2) is 34.3 Å². The van der Waals surface area contributed by atoms with E-state index in [1.54, 1.807) is 25.4 Å². The lowest BCUT2D eigenvalue weighted by Crippen LogP contribution is -2.12. The molecule has 1 aromatic carbocycles. The molecule has 0 aliphatic carbocycles. The second-order valence-corrected chi connectivity index (χ2v) is 6.72. The summed E-state index contributed by atoms with van der Waals surface area (Å²) in [4.78, 5) is 21.1. The molecule has 0 aliphatic heterocycles. The van der Waals surface area contributed by atoms with E-state index in [4.69, 9.17) is 21.1 Å². The molecule has 10 heteroatoms. The minimum atomic E-state index is -0.395. The van der Waals surface area contributed by atoms with E-state index >= 15 is 0 Å². The molecule has 4 aromatic rings. The summed E-state index contributed by atoms with van der Waals surface area (Å²) < 4.78 is 12.1. The Kier molecular flexibility index (Phi) is 4.40. The van der Waals surface area contributed by atoms with Gasteiger partial charge in [0.25, 0.3) is 0 Å². The Morgan fingerprint density at radius 1 is 1.15 bits per heavy atom. The summed E-state index contributed by atoms with van der Waals surface area (Å²) in [5.41, 5.74) is 1.72. The first-order chi connectivity index (χ1) is 13.1. The molecule has 0 atom stereocenters. The van der Waals surface area contributed by atoms with Gasteiger partial charge in [0.2, 0.25) is 0 Å². The number of hydrogen-bond donors (Lipinski definition) is 1. The normalized spacial score (nSPS) is 11.3. The molecule has 0 saturated carbocycles. The standard InChI is InChI=1S/C17H14ClN5O3S/c1-25-9-5-10(13(18)12(6-9)26-2)11-4-8-7-19-16(27-3)20-14(8)23-15(11)21-22-17(23)24/h4-7H,1-3H3,(H,22,24). The van der Waals surface area contributed by atoms with Crippen molar-refractivity contribution in [2.75, 3.05) is 20.5 Å². The van der Waals surface area contributed by atoms with E-state index in [1.165, 1.54) is 23.3 Å². The maximum atomic E-state index is 12.4. The minimum absolute atomic E-state index is 0.386. The van der Waals surface area contributed by atoms with Gasteiger partial charge in [0.1, 0.15) is 11.5 Å². The summed E-state index contributed by atoms with van der Waals surface area (Å²) in [5.74, 6) is 1.02. The fourth-order valence-corrected chi connectivity index (χ4v) is 3.50. The number of rotatable bonds is 4. The molecule has 138 valence electrons. The van der Waals surface area contributed by atoms with Crippen molar-refractivity contribution < 1.29 is 9.47 Å². The van der Waals surface area contributed by atoms with Gasteiger partial charge < -0.3 is 9.47 Å². The quantitative estimate of drug-likeness (QED) is 0.413. The first-order valence-corrected chi connectivity index (χ1v) is 9.40. The third kappa shape index (κ3) is 2.79. The Balaban J connectivity index is 2.13. The summed E-state index contributed by atoms with van der Waals surface area (Å²) in [6.45, 7) is 0. The number of nitrogens with one attached hydrogen (secondary N) is 1. The number of methoxy groups -OCH3 is 2. The highest BCUT2D eigenvalue weighted by atomic mass is 35.5. The number of benzene rings is 1. The predicted octanol–water partition coefficient (Wildman–Crippen LogP) is 3.03. The van der Waals surface area contributed by atoms with Crippen LogP contribution in [0.3, 0.4) is 0 Å². The molecule has 27 heavy (non-hydrogen) atoms. The molecule has 0 unspecified atom stereocenters. The van der Waals surface area contributed by atoms with Crippen molar-refractivity contribution in [3.63, 3.8) is 0 Å². The molecule has 4 rings (SSSR count). The zero-order valence-corrected chi connectivity index (χ0v) is 16.2. The smallest absolute Gasteiger partial charge is 0.349 e. The molecule has 0 radical (unpaired) electrons. The number of aromatic nitrogens is 5. The van der Waals surface area contributed by atoms with Crippen LogP contribution in [0.25, 0.3) is 27.8 Å². The summed E-state index contributed by atoms with van der Waals surface area (Å²) in [6, 6.07) is 5.30. The van der Waals surface area contributed by atoms with Crippen molar-refractivity contribution >= 4 is 40.0 Å². The topological polar surface area (TPSA) is 94.4 Å². The highest BCUT2D eigenvalue weighted by molar-refractivity contribution is 7.98. The van der Waals surface area contributed by atoms with Gasteiger partial charge in [0.05, 0.1) is 19.2 Å². The van der Waals surface area contributed by atoms with Gasteiger partial charge in [0.15, 0.2) is 16.5 Å². The van der Waals surface area contributed by atoms with E-state index in [0.717, 1.165) is 0 Å². The Bertz CT molecular complexity index is 1240. The van der Waals surface area contributed by atoms with Crippen molar-refractivity contribution in [1.82, 2.24) is 24.6 Å². The van der Waals surface area contributed by atoms with Gasteiger partial charge in [-0.15, -0.1) is 0 Å². The largest absolute Gasteiger partial charge is 0.497 e. The molecular weight excluding hydrogens is 390 g/mol. The van der Waals surface area contributed by atoms with Crippen LogP contribution >= 0.6 is 23.4 Å². The Labute approximate surface area is 162 Å². The number of H-pyrrole nitrogens is 1. The Hall–Kier alpha value is -2.78. The molecule has 3 heterocycles.